The number of hydrogen-bond acceptors (Lipinski definition) is 4. The Kier molecular flexibility index (Phi) is 5.25. The first-order chi connectivity index (χ1) is 10.1. The van der Waals surface area contributed by atoms with Crippen molar-refractivity contribution < 1.29 is 9.47 Å². The maximum Gasteiger partial charge on any atom is 0.175 e. The molecule has 0 amide bonds. The van der Waals surface area contributed by atoms with Gasteiger partial charge in [-0.2, -0.15) is 5.10 Å². The average Bonchev–Trinajstić information content (AvgIpc) is 2.85. The number of benzene rings is 1. The van der Waals surface area contributed by atoms with Crippen LogP contribution in [0.3, 0.4) is 0 Å². The molecule has 1 aromatic heterocycles. The van der Waals surface area contributed by atoms with Crippen molar-refractivity contribution in [2.75, 3.05) is 7.11 Å². The maximum atomic E-state index is 5.93. The number of rotatable bonds is 6. The van der Waals surface area contributed by atoms with E-state index in [9.17, 15) is 0 Å². The second kappa shape index (κ2) is 6.95. The molecule has 0 bridgehead atoms. The van der Waals surface area contributed by atoms with Crippen molar-refractivity contribution in [2.24, 2.45) is 5.73 Å². The summed E-state index contributed by atoms with van der Waals surface area (Å²) < 4.78 is 14.1. The molecule has 2 N–H and O–H groups in total. The monoisotopic (exact) mass is 353 g/mol. The number of nitrogens with zero attached hydrogens (tertiary/aromatic N) is 2. The molecule has 114 valence electrons. The molecule has 0 fully saturated rings. The summed E-state index contributed by atoms with van der Waals surface area (Å²) in [6, 6.07) is 5.86. The molecule has 0 aliphatic rings. The number of hydrogen-bond donors (Lipinski definition) is 1. The summed E-state index contributed by atoms with van der Waals surface area (Å²) in [5, 5.41) is 4.41. The van der Waals surface area contributed by atoms with E-state index in [1.165, 1.54) is 0 Å². The summed E-state index contributed by atoms with van der Waals surface area (Å²) in [5.41, 5.74) is 8.68. The van der Waals surface area contributed by atoms with Crippen molar-refractivity contribution in [2.45, 2.75) is 33.5 Å². The summed E-state index contributed by atoms with van der Waals surface area (Å²) in [5.74, 6) is 1.35. The van der Waals surface area contributed by atoms with Crippen LogP contribution in [0.1, 0.15) is 23.9 Å². The van der Waals surface area contributed by atoms with Crippen LogP contribution in [0.15, 0.2) is 22.7 Å². The molecular weight excluding hydrogens is 334 g/mol. The predicted molar refractivity (Wildman–Crippen MR) is 85.6 cm³/mol. The molecule has 2 aromatic rings. The molecule has 0 atom stereocenters. The van der Waals surface area contributed by atoms with Crippen LogP contribution in [0.4, 0.5) is 0 Å². The summed E-state index contributed by atoms with van der Waals surface area (Å²) in [6.45, 7) is 5.74. The lowest BCUT2D eigenvalue weighted by Crippen LogP contribution is -2.07. The Morgan fingerprint density at radius 2 is 2.10 bits per heavy atom. The maximum absolute atomic E-state index is 5.93. The first-order valence-electron chi connectivity index (χ1n) is 6.81. The normalized spacial score (nSPS) is 10.7. The van der Waals surface area contributed by atoms with Crippen molar-refractivity contribution in [3.8, 4) is 11.5 Å². The van der Waals surface area contributed by atoms with E-state index in [-0.39, 0.29) is 0 Å². The van der Waals surface area contributed by atoms with Crippen LogP contribution in [-0.4, -0.2) is 16.9 Å². The molecule has 0 aliphatic carbocycles. The molecular formula is C15H20BrN3O2. The highest BCUT2D eigenvalue weighted by Crippen LogP contribution is 2.37. The van der Waals surface area contributed by atoms with Crippen LogP contribution in [-0.2, 0) is 19.7 Å². The SMILES string of the molecule is CCn1nc(C)cc1COc1c(Br)cc(CN)cc1OC. The molecule has 6 heteroatoms. The van der Waals surface area contributed by atoms with E-state index >= 15 is 0 Å². The van der Waals surface area contributed by atoms with Gasteiger partial charge in [0.05, 0.1) is 23.0 Å². The Morgan fingerprint density at radius 3 is 2.71 bits per heavy atom. The second-order valence-electron chi connectivity index (χ2n) is 4.69. The number of ether oxygens (including phenoxy) is 2. The topological polar surface area (TPSA) is 62.3 Å². The zero-order chi connectivity index (χ0) is 15.4. The molecule has 1 heterocycles. The minimum absolute atomic E-state index is 0.436. The number of aromatic nitrogens is 2. The first kappa shape index (κ1) is 15.9. The summed E-state index contributed by atoms with van der Waals surface area (Å²) in [4.78, 5) is 0. The molecule has 21 heavy (non-hydrogen) atoms. The minimum atomic E-state index is 0.436. The third kappa shape index (κ3) is 3.57. The summed E-state index contributed by atoms with van der Waals surface area (Å²) in [6.07, 6.45) is 0. The van der Waals surface area contributed by atoms with E-state index in [1.54, 1.807) is 7.11 Å². The van der Waals surface area contributed by atoms with Gasteiger partial charge in [-0.15, -0.1) is 0 Å². The predicted octanol–water partition coefficient (Wildman–Crippen LogP) is 3.02. The van der Waals surface area contributed by atoms with Gasteiger partial charge in [0.2, 0.25) is 0 Å². The van der Waals surface area contributed by atoms with Crippen LogP contribution < -0.4 is 15.2 Å². The lowest BCUT2D eigenvalue weighted by Gasteiger charge is -2.14. The Labute approximate surface area is 133 Å². The Morgan fingerprint density at radius 1 is 1.33 bits per heavy atom. The van der Waals surface area contributed by atoms with Gasteiger partial charge in [0.15, 0.2) is 11.5 Å². The van der Waals surface area contributed by atoms with Gasteiger partial charge in [-0.1, -0.05) is 0 Å². The van der Waals surface area contributed by atoms with Crippen molar-refractivity contribution in [1.29, 1.82) is 0 Å². The molecule has 0 saturated carbocycles. The molecule has 0 spiro atoms. The van der Waals surface area contributed by atoms with E-state index in [0.29, 0.717) is 24.7 Å². The van der Waals surface area contributed by atoms with Crippen LogP contribution in [0.25, 0.3) is 0 Å². The molecule has 0 unspecified atom stereocenters. The quantitative estimate of drug-likeness (QED) is 0.866. The number of methoxy groups -OCH3 is 1. The van der Waals surface area contributed by atoms with Crippen LogP contribution in [0.5, 0.6) is 11.5 Å². The third-order valence-corrected chi connectivity index (χ3v) is 3.76. The lowest BCUT2D eigenvalue weighted by atomic mass is 10.2. The highest BCUT2D eigenvalue weighted by molar-refractivity contribution is 9.10. The number of aryl methyl sites for hydroxylation is 2. The fourth-order valence-electron chi connectivity index (χ4n) is 2.17. The van der Waals surface area contributed by atoms with Crippen molar-refractivity contribution in [3.05, 3.63) is 39.6 Å². The zero-order valence-corrected chi connectivity index (χ0v) is 14.1. The first-order valence-corrected chi connectivity index (χ1v) is 7.61. The Hall–Kier alpha value is -1.53. The van der Waals surface area contributed by atoms with Crippen molar-refractivity contribution >= 4 is 15.9 Å². The standard InChI is InChI=1S/C15H20BrN3O2/c1-4-19-12(5-10(2)18-19)9-21-15-13(16)6-11(8-17)7-14(15)20-3/h5-7H,4,8-9,17H2,1-3H3. The second-order valence-corrected chi connectivity index (χ2v) is 5.55. The summed E-state index contributed by atoms with van der Waals surface area (Å²) in [7, 11) is 1.62. The highest BCUT2D eigenvalue weighted by atomic mass is 79.9. The van der Waals surface area contributed by atoms with Gasteiger partial charge in [-0.25, -0.2) is 0 Å². The van der Waals surface area contributed by atoms with Gasteiger partial charge in [-0.05, 0) is 53.5 Å². The van der Waals surface area contributed by atoms with Gasteiger partial charge >= 0.3 is 0 Å². The minimum Gasteiger partial charge on any atom is -0.493 e. The average molecular weight is 354 g/mol. The lowest BCUT2D eigenvalue weighted by molar-refractivity contribution is 0.272. The van der Waals surface area contributed by atoms with Gasteiger partial charge in [-0.3, -0.25) is 4.68 Å². The number of halogens is 1. The number of nitrogens with two attached hydrogens (primary N) is 1. The zero-order valence-electron chi connectivity index (χ0n) is 12.5. The van der Waals surface area contributed by atoms with Gasteiger partial charge in [0, 0.05) is 13.1 Å². The molecule has 1 aromatic carbocycles. The van der Waals surface area contributed by atoms with Gasteiger partial charge in [0.25, 0.3) is 0 Å². The van der Waals surface area contributed by atoms with Crippen LogP contribution in [0, 0.1) is 6.92 Å². The van der Waals surface area contributed by atoms with Crippen molar-refractivity contribution in [3.63, 3.8) is 0 Å². The highest BCUT2D eigenvalue weighted by Gasteiger charge is 2.13. The Bertz CT molecular complexity index is 626. The molecule has 5 nitrogen and oxygen atoms in total. The van der Waals surface area contributed by atoms with Gasteiger partial charge < -0.3 is 15.2 Å². The van der Waals surface area contributed by atoms with E-state index in [2.05, 4.69) is 28.0 Å². The summed E-state index contributed by atoms with van der Waals surface area (Å²) >= 11 is 3.51. The fourth-order valence-corrected chi connectivity index (χ4v) is 2.77. The van der Waals surface area contributed by atoms with Crippen LogP contribution >= 0.6 is 15.9 Å². The molecule has 0 saturated heterocycles. The molecule has 2 rings (SSSR count). The Balaban J connectivity index is 2.23. The molecule has 0 aliphatic heterocycles. The third-order valence-electron chi connectivity index (χ3n) is 3.17. The van der Waals surface area contributed by atoms with Crippen molar-refractivity contribution in [1.82, 2.24) is 9.78 Å². The van der Waals surface area contributed by atoms with E-state index in [4.69, 9.17) is 15.2 Å². The largest absolute Gasteiger partial charge is 0.493 e. The van der Waals surface area contributed by atoms with E-state index < -0.39 is 0 Å². The van der Waals surface area contributed by atoms with Crippen LogP contribution in [0.2, 0.25) is 0 Å². The van der Waals surface area contributed by atoms with Gasteiger partial charge in [0.1, 0.15) is 6.61 Å². The molecule has 0 radical (unpaired) electrons. The van der Waals surface area contributed by atoms with E-state index in [0.717, 1.165) is 28.0 Å². The fraction of sp³-hybridized carbons (Fsp3) is 0.400. The van der Waals surface area contributed by atoms with E-state index in [1.807, 2.05) is 29.8 Å². The smallest absolute Gasteiger partial charge is 0.175 e.